The van der Waals surface area contributed by atoms with Gasteiger partial charge in [-0.2, -0.15) is 0 Å². The van der Waals surface area contributed by atoms with E-state index in [4.69, 9.17) is 0 Å². The Morgan fingerprint density at radius 3 is 1.12 bits per heavy atom. The summed E-state index contributed by atoms with van der Waals surface area (Å²) in [4.78, 5) is 5.35. The van der Waals surface area contributed by atoms with Gasteiger partial charge in [0, 0.05) is 25.5 Å². The summed E-state index contributed by atoms with van der Waals surface area (Å²) in [6, 6.07) is 0. The molecule has 0 saturated carbocycles. The third kappa shape index (κ3) is 15.2. The lowest BCUT2D eigenvalue weighted by molar-refractivity contribution is 0.135. The minimum absolute atomic E-state index is 0.644. The second-order valence-electron chi connectivity index (χ2n) is 10.4. The van der Waals surface area contributed by atoms with Crippen LogP contribution in [-0.2, 0) is 0 Å². The van der Waals surface area contributed by atoms with Crippen LogP contribution in [0.15, 0.2) is 12.4 Å². The molecule has 1 unspecified atom stereocenters. The molecule has 1 rings (SSSR count). The lowest BCUT2D eigenvalue weighted by atomic mass is 10.0. The van der Waals surface area contributed by atoms with E-state index in [9.17, 15) is 0 Å². The third-order valence-electron chi connectivity index (χ3n) is 7.32. The molecule has 0 spiro atoms. The van der Waals surface area contributed by atoms with E-state index in [1.165, 1.54) is 154 Å². The Hall–Kier alpha value is -0.660. The molecular formula is C30H60N2. The molecule has 0 amide bonds. The number of unbranched alkanes of at least 4 members (excludes halogenated alkanes) is 18. The molecule has 0 radical (unpaired) electrons. The lowest BCUT2D eigenvalue weighted by Gasteiger charge is -2.33. The Balaban J connectivity index is 2.21. The topological polar surface area (TPSA) is 6.48 Å². The predicted molar refractivity (Wildman–Crippen MR) is 145 cm³/mol. The quantitative estimate of drug-likeness (QED) is 0.135. The van der Waals surface area contributed by atoms with Crippen LogP contribution in [0.2, 0.25) is 0 Å². The molecule has 1 heterocycles. The molecule has 0 aliphatic carbocycles. The van der Waals surface area contributed by atoms with E-state index >= 15 is 0 Å². The first kappa shape index (κ1) is 29.4. The lowest BCUT2D eigenvalue weighted by Crippen LogP contribution is -2.39. The van der Waals surface area contributed by atoms with Crippen LogP contribution in [0.5, 0.6) is 0 Å². The van der Waals surface area contributed by atoms with Crippen LogP contribution in [0.4, 0.5) is 0 Å². The molecule has 190 valence electrons. The maximum atomic E-state index is 2.68. The van der Waals surface area contributed by atoms with Crippen LogP contribution in [0, 0.1) is 0 Å². The van der Waals surface area contributed by atoms with Crippen LogP contribution in [0.3, 0.4) is 0 Å². The molecule has 1 aliphatic rings. The molecule has 0 fully saturated rings. The van der Waals surface area contributed by atoms with Crippen LogP contribution in [0.25, 0.3) is 0 Å². The van der Waals surface area contributed by atoms with E-state index in [0.717, 1.165) is 0 Å². The normalized spacial score (nSPS) is 15.9. The number of nitrogens with zero attached hydrogens (tertiary/aromatic N) is 2. The van der Waals surface area contributed by atoms with E-state index in [1.807, 2.05) is 0 Å². The van der Waals surface area contributed by atoms with E-state index in [1.54, 1.807) is 0 Å². The standard InChI is InChI=1S/C30H60N2/c1-4-7-10-13-15-16-17-18-19-20-22-25-30-31(26-23-12-9-6-3)28-29-32(30)27-24-21-14-11-8-5-2/h28-30H,4-27H2,1-3H3. The van der Waals surface area contributed by atoms with Gasteiger partial charge in [-0.25, -0.2) is 0 Å². The maximum absolute atomic E-state index is 2.68. The van der Waals surface area contributed by atoms with Gasteiger partial charge in [0.25, 0.3) is 0 Å². The van der Waals surface area contributed by atoms with Crippen molar-refractivity contribution >= 4 is 0 Å². The van der Waals surface area contributed by atoms with Gasteiger partial charge in [-0.3, -0.25) is 0 Å². The molecular weight excluding hydrogens is 388 g/mol. The van der Waals surface area contributed by atoms with Gasteiger partial charge in [0.05, 0.1) is 0 Å². The fourth-order valence-electron chi connectivity index (χ4n) is 5.13. The zero-order valence-corrected chi connectivity index (χ0v) is 22.6. The molecule has 1 atom stereocenters. The van der Waals surface area contributed by atoms with Gasteiger partial charge >= 0.3 is 0 Å². The highest BCUT2D eigenvalue weighted by Crippen LogP contribution is 2.23. The second-order valence-corrected chi connectivity index (χ2v) is 10.4. The average Bonchev–Trinajstić information content (AvgIpc) is 3.19. The largest absolute Gasteiger partial charge is 0.356 e. The third-order valence-corrected chi connectivity index (χ3v) is 7.32. The van der Waals surface area contributed by atoms with Crippen LogP contribution in [0.1, 0.15) is 162 Å². The number of hydrogen-bond acceptors (Lipinski definition) is 2. The average molecular weight is 449 g/mol. The van der Waals surface area contributed by atoms with E-state index in [0.29, 0.717) is 6.17 Å². The SMILES string of the molecule is CCCCCCCCCCCCCC1N(CCCCCC)C=CN1CCCCCCCC. The fourth-order valence-corrected chi connectivity index (χ4v) is 5.13. The van der Waals surface area contributed by atoms with Gasteiger partial charge in [0.15, 0.2) is 0 Å². The summed E-state index contributed by atoms with van der Waals surface area (Å²) in [6.45, 7) is 9.45. The smallest absolute Gasteiger partial charge is 0.101 e. The number of hydrogen-bond donors (Lipinski definition) is 0. The Labute approximate surface area is 203 Å². The second kappa shape index (κ2) is 22.1. The molecule has 1 aliphatic heterocycles. The molecule has 0 saturated heterocycles. The Morgan fingerprint density at radius 2 is 0.719 bits per heavy atom. The Bertz CT molecular complexity index is 406. The minimum Gasteiger partial charge on any atom is -0.356 e. The van der Waals surface area contributed by atoms with Crippen LogP contribution in [-0.4, -0.2) is 29.1 Å². The fraction of sp³-hybridized carbons (Fsp3) is 0.933. The van der Waals surface area contributed by atoms with Crippen molar-refractivity contribution in [3.8, 4) is 0 Å². The Morgan fingerprint density at radius 1 is 0.406 bits per heavy atom. The maximum Gasteiger partial charge on any atom is 0.101 e. The molecule has 2 nitrogen and oxygen atoms in total. The van der Waals surface area contributed by atoms with E-state index in [-0.39, 0.29) is 0 Å². The van der Waals surface area contributed by atoms with Gasteiger partial charge in [-0.15, -0.1) is 0 Å². The zero-order valence-electron chi connectivity index (χ0n) is 22.6. The first-order valence-corrected chi connectivity index (χ1v) is 15.0. The summed E-state index contributed by atoms with van der Waals surface area (Å²) >= 11 is 0. The van der Waals surface area contributed by atoms with Crippen molar-refractivity contribution < 1.29 is 0 Å². The predicted octanol–water partition coefficient (Wildman–Crippen LogP) is 10.0. The van der Waals surface area contributed by atoms with Crippen molar-refractivity contribution in [2.24, 2.45) is 0 Å². The molecule has 0 bridgehead atoms. The molecule has 0 aromatic heterocycles. The van der Waals surface area contributed by atoms with Crippen molar-refractivity contribution in [1.82, 2.24) is 9.80 Å². The van der Waals surface area contributed by atoms with Crippen molar-refractivity contribution in [2.45, 2.75) is 168 Å². The molecule has 0 aromatic rings. The summed E-state index contributed by atoms with van der Waals surface area (Å²) in [7, 11) is 0. The van der Waals surface area contributed by atoms with E-state index < -0.39 is 0 Å². The zero-order chi connectivity index (χ0) is 23.1. The van der Waals surface area contributed by atoms with Crippen molar-refractivity contribution in [2.75, 3.05) is 13.1 Å². The highest BCUT2D eigenvalue weighted by molar-refractivity contribution is 4.97. The first-order valence-electron chi connectivity index (χ1n) is 15.0. The highest BCUT2D eigenvalue weighted by atomic mass is 15.4. The van der Waals surface area contributed by atoms with Gasteiger partial charge in [-0.1, -0.05) is 136 Å². The molecule has 0 N–H and O–H groups in total. The van der Waals surface area contributed by atoms with Crippen molar-refractivity contribution in [3.63, 3.8) is 0 Å². The summed E-state index contributed by atoms with van der Waals surface area (Å²) in [5, 5.41) is 0. The van der Waals surface area contributed by atoms with Crippen molar-refractivity contribution in [1.29, 1.82) is 0 Å². The first-order chi connectivity index (χ1) is 15.8. The van der Waals surface area contributed by atoms with Gasteiger partial charge in [0.2, 0.25) is 0 Å². The van der Waals surface area contributed by atoms with Crippen LogP contribution < -0.4 is 0 Å². The molecule has 32 heavy (non-hydrogen) atoms. The Kier molecular flexibility index (Phi) is 20.3. The van der Waals surface area contributed by atoms with Crippen molar-refractivity contribution in [3.05, 3.63) is 12.4 Å². The molecule has 2 heteroatoms. The van der Waals surface area contributed by atoms with Gasteiger partial charge in [-0.05, 0) is 25.7 Å². The minimum atomic E-state index is 0.644. The molecule has 0 aromatic carbocycles. The van der Waals surface area contributed by atoms with Crippen LogP contribution >= 0.6 is 0 Å². The van der Waals surface area contributed by atoms with Gasteiger partial charge in [0.1, 0.15) is 6.17 Å². The highest BCUT2D eigenvalue weighted by Gasteiger charge is 2.24. The summed E-state index contributed by atoms with van der Waals surface area (Å²) in [5.41, 5.74) is 0. The van der Waals surface area contributed by atoms with Gasteiger partial charge < -0.3 is 9.80 Å². The summed E-state index contributed by atoms with van der Waals surface area (Å²) in [6.07, 6.45) is 36.5. The summed E-state index contributed by atoms with van der Waals surface area (Å²) in [5.74, 6) is 0. The van der Waals surface area contributed by atoms with E-state index in [2.05, 4.69) is 43.0 Å². The summed E-state index contributed by atoms with van der Waals surface area (Å²) < 4.78 is 0. The monoisotopic (exact) mass is 448 g/mol. The number of rotatable bonds is 24.